The van der Waals surface area contributed by atoms with Crippen LogP contribution in [0.25, 0.3) is 0 Å². The molecule has 2 aromatic carbocycles. The molecule has 0 saturated carbocycles. The number of hydrogen-bond acceptors (Lipinski definition) is 3. The van der Waals surface area contributed by atoms with E-state index in [-0.39, 0.29) is 5.75 Å². The molecule has 0 bridgehead atoms. The van der Waals surface area contributed by atoms with E-state index in [2.05, 4.69) is 0 Å². The predicted molar refractivity (Wildman–Crippen MR) is 74.5 cm³/mol. The van der Waals surface area contributed by atoms with E-state index in [1.165, 1.54) is 0 Å². The summed E-state index contributed by atoms with van der Waals surface area (Å²) in [5.41, 5.74) is 2.09. The van der Waals surface area contributed by atoms with E-state index in [9.17, 15) is 10.2 Å². The Labute approximate surface area is 113 Å². The van der Waals surface area contributed by atoms with Gasteiger partial charge < -0.3 is 14.9 Å². The summed E-state index contributed by atoms with van der Waals surface area (Å²) in [6.45, 7) is 0. The van der Waals surface area contributed by atoms with Gasteiger partial charge in [0.15, 0.2) is 0 Å². The van der Waals surface area contributed by atoms with Crippen molar-refractivity contribution in [2.24, 2.45) is 0 Å². The number of rotatable bonds is 5. The molecule has 1 unspecified atom stereocenters. The van der Waals surface area contributed by atoms with Gasteiger partial charge in [0.25, 0.3) is 0 Å². The zero-order valence-corrected chi connectivity index (χ0v) is 10.9. The third kappa shape index (κ3) is 4.00. The van der Waals surface area contributed by atoms with Crippen LogP contribution in [0.5, 0.6) is 11.5 Å². The van der Waals surface area contributed by atoms with Crippen LogP contribution in [0.3, 0.4) is 0 Å². The molecular formula is C16H18O3. The molecule has 2 aromatic rings. The highest BCUT2D eigenvalue weighted by molar-refractivity contribution is 5.29. The van der Waals surface area contributed by atoms with Gasteiger partial charge in [-0.25, -0.2) is 0 Å². The van der Waals surface area contributed by atoms with Gasteiger partial charge in [-0.15, -0.1) is 0 Å². The van der Waals surface area contributed by atoms with Gasteiger partial charge in [-0.05, 0) is 48.2 Å². The molecule has 0 radical (unpaired) electrons. The minimum Gasteiger partial charge on any atom is -0.508 e. The fourth-order valence-corrected chi connectivity index (χ4v) is 2.01. The highest BCUT2D eigenvalue weighted by atomic mass is 16.5. The maximum Gasteiger partial charge on any atom is 0.118 e. The number of methoxy groups -OCH3 is 1. The van der Waals surface area contributed by atoms with Crippen LogP contribution in [-0.4, -0.2) is 23.4 Å². The summed E-state index contributed by atoms with van der Waals surface area (Å²) in [6, 6.07) is 14.6. The normalized spacial score (nSPS) is 12.1. The molecule has 0 fully saturated rings. The number of phenols is 1. The summed E-state index contributed by atoms with van der Waals surface area (Å²) in [5, 5.41) is 19.3. The molecule has 0 spiro atoms. The topological polar surface area (TPSA) is 49.7 Å². The number of ether oxygens (including phenoxy) is 1. The first-order valence-electron chi connectivity index (χ1n) is 6.26. The number of hydrogen-bond donors (Lipinski definition) is 2. The third-order valence-corrected chi connectivity index (χ3v) is 3.04. The molecule has 0 aliphatic rings. The molecule has 0 aromatic heterocycles. The van der Waals surface area contributed by atoms with E-state index in [4.69, 9.17) is 4.74 Å². The van der Waals surface area contributed by atoms with Gasteiger partial charge in [-0.3, -0.25) is 0 Å². The predicted octanol–water partition coefficient (Wildman–Crippen LogP) is 2.55. The Morgan fingerprint density at radius 3 is 1.84 bits per heavy atom. The monoisotopic (exact) mass is 258 g/mol. The summed E-state index contributed by atoms with van der Waals surface area (Å²) < 4.78 is 5.09. The van der Waals surface area contributed by atoms with Crippen LogP contribution in [0.1, 0.15) is 11.1 Å². The number of phenolic OH excluding ortho intramolecular Hbond substituents is 1. The summed E-state index contributed by atoms with van der Waals surface area (Å²) in [4.78, 5) is 0. The molecule has 0 amide bonds. The Balaban J connectivity index is 1.92. The van der Waals surface area contributed by atoms with E-state index in [1.54, 1.807) is 19.2 Å². The van der Waals surface area contributed by atoms with Crippen LogP contribution in [0.4, 0.5) is 0 Å². The summed E-state index contributed by atoms with van der Waals surface area (Å²) >= 11 is 0. The van der Waals surface area contributed by atoms with Crippen molar-refractivity contribution in [2.75, 3.05) is 7.11 Å². The van der Waals surface area contributed by atoms with Crippen molar-refractivity contribution in [1.29, 1.82) is 0 Å². The average molecular weight is 258 g/mol. The van der Waals surface area contributed by atoms with Crippen molar-refractivity contribution >= 4 is 0 Å². The number of aliphatic hydroxyl groups is 1. The van der Waals surface area contributed by atoms with E-state index >= 15 is 0 Å². The fourth-order valence-electron chi connectivity index (χ4n) is 2.01. The van der Waals surface area contributed by atoms with Crippen LogP contribution in [-0.2, 0) is 12.8 Å². The highest BCUT2D eigenvalue weighted by Crippen LogP contribution is 2.15. The van der Waals surface area contributed by atoms with Gasteiger partial charge >= 0.3 is 0 Å². The Bertz CT molecular complexity index is 503. The van der Waals surface area contributed by atoms with Gasteiger partial charge in [0, 0.05) is 0 Å². The van der Waals surface area contributed by atoms with Crippen molar-refractivity contribution in [1.82, 2.24) is 0 Å². The van der Waals surface area contributed by atoms with E-state index in [0.29, 0.717) is 12.8 Å². The second kappa shape index (κ2) is 6.25. The molecule has 1 atom stereocenters. The highest BCUT2D eigenvalue weighted by Gasteiger charge is 2.07. The molecule has 100 valence electrons. The SMILES string of the molecule is COc1ccc(CC(O)Cc2ccc(O)cc2)cc1. The van der Waals surface area contributed by atoms with Crippen LogP contribution in [0.2, 0.25) is 0 Å². The lowest BCUT2D eigenvalue weighted by Gasteiger charge is -2.11. The molecule has 3 nitrogen and oxygen atoms in total. The lowest BCUT2D eigenvalue weighted by molar-refractivity contribution is 0.175. The molecule has 0 heterocycles. The summed E-state index contributed by atoms with van der Waals surface area (Å²) in [7, 11) is 1.63. The lowest BCUT2D eigenvalue weighted by Crippen LogP contribution is -2.13. The summed E-state index contributed by atoms with van der Waals surface area (Å²) in [5.74, 6) is 1.06. The van der Waals surface area contributed by atoms with Gasteiger partial charge in [-0.2, -0.15) is 0 Å². The first-order valence-corrected chi connectivity index (χ1v) is 6.26. The molecular weight excluding hydrogens is 240 g/mol. The second-order valence-corrected chi connectivity index (χ2v) is 4.58. The molecule has 3 heteroatoms. The minimum absolute atomic E-state index is 0.244. The first kappa shape index (κ1) is 13.4. The molecule has 2 rings (SSSR count). The van der Waals surface area contributed by atoms with E-state index < -0.39 is 6.10 Å². The maximum atomic E-state index is 10.1. The average Bonchev–Trinajstić information content (AvgIpc) is 2.42. The second-order valence-electron chi connectivity index (χ2n) is 4.58. The zero-order valence-electron chi connectivity index (χ0n) is 10.9. The third-order valence-electron chi connectivity index (χ3n) is 3.04. The molecule has 0 saturated heterocycles. The lowest BCUT2D eigenvalue weighted by atomic mass is 10.0. The quantitative estimate of drug-likeness (QED) is 0.866. The Morgan fingerprint density at radius 1 is 0.895 bits per heavy atom. The molecule has 0 aliphatic carbocycles. The standard InChI is InChI=1S/C16H18O3/c1-19-16-8-4-13(5-9-16)11-15(18)10-12-2-6-14(17)7-3-12/h2-9,15,17-18H,10-11H2,1H3. The summed E-state index contributed by atoms with van der Waals surface area (Å²) in [6.07, 6.45) is 0.745. The van der Waals surface area contributed by atoms with Crippen LogP contribution in [0.15, 0.2) is 48.5 Å². The Morgan fingerprint density at radius 2 is 1.37 bits per heavy atom. The van der Waals surface area contributed by atoms with Crippen molar-refractivity contribution < 1.29 is 14.9 Å². The van der Waals surface area contributed by atoms with Crippen LogP contribution < -0.4 is 4.74 Å². The molecule has 0 aliphatic heterocycles. The van der Waals surface area contributed by atoms with Crippen LogP contribution >= 0.6 is 0 Å². The van der Waals surface area contributed by atoms with Gasteiger partial charge in [0.05, 0.1) is 13.2 Å². The fraction of sp³-hybridized carbons (Fsp3) is 0.250. The van der Waals surface area contributed by atoms with Gasteiger partial charge in [0.1, 0.15) is 11.5 Å². The van der Waals surface area contributed by atoms with E-state index in [1.807, 2.05) is 36.4 Å². The van der Waals surface area contributed by atoms with Gasteiger partial charge in [0.2, 0.25) is 0 Å². The van der Waals surface area contributed by atoms with Crippen LogP contribution in [0, 0.1) is 0 Å². The molecule has 19 heavy (non-hydrogen) atoms. The first-order chi connectivity index (χ1) is 9.17. The number of benzene rings is 2. The Kier molecular flexibility index (Phi) is 4.42. The Hall–Kier alpha value is -2.00. The van der Waals surface area contributed by atoms with E-state index in [0.717, 1.165) is 16.9 Å². The maximum absolute atomic E-state index is 10.1. The largest absolute Gasteiger partial charge is 0.508 e. The zero-order chi connectivity index (χ0) is 13.7. The smallest absolute Gasteiger partial charge is 0.118 e. The minimum atomic E-state index is -0.432. The van der Waals surface area contributed by atoms with Crippen molar-refractivity contribution in [2.45, 2.75) is 18.9 Å². The van der Waals surface area contributed by atoms with Crippen molar-refractivity contribution in [3.8, 4) is 11.5 Å². The molecule has 2 N–H and O–H groups in total. The van der Waals surface area contributed by atoms with Gasteiger partial charge in [-0.1, -0.05) is 24.3 Å². The van der Waals surface area contributed by atoms with Crippen molar-refractivity contribution in [3.05, 3.63) is 59.7 Å². The number of aromatic hydroxyl groups is 1. The number of aliphatic hydroxyl groups excluding tert-OH is 1. The van der Waals surface area contributed by atoms with Crippen molar-refractivity contribution in [3.63, 3.8) is 0 Å².